The van der Waals surface area contributed by atoms with Crippen LogP contribution in [0.1, 0.15) is 44.6 Å². The SMILES string of the molecule is CN=C(NCCCCN1CCC(C)CC1)NCC1CC(=O)N(CCc2ccccc2)C1. The number of nitrogens with one attached hydrogen (secondary N) is 2. The molecule has 6 heteroatoms. The molecule has 0 bridgehead atoms. The fourth-order valence-electron chi connectivity index (χ4n) is 4.53. The molecular formula is C25H41N5O. The third-order valence-corrected chi connectivity index (χ3v) is 6.66. The van der Waals surface area contributed by atoms with E-state index >= 15 is 0 Å². The summed E-state index contributed by atoms with van der Waals surface area (Å²) in [5.41, 5.74) is 1.29. The monoisotopic (exact) mass is 427 g/mol. The summed E-state index contributed by atoms with van der Waals surface area (Å²) in [6.45, 7) is 9.48. The molecule has 2 fully saturated rings. The first-order valence-electron chi connectivity index (χ1n) is 12.1. The van der Waals surface area contributed by atoms with E-state index in [2.05, 4.69) is 51.7 Å². The number of carbonyl (C=O) groups excluding carboxylic acids is 1. The van der Waals surface area contributed by atoms with E-state index in [9.17, 15) is 4.79 Å². The van der Waals surface area contributed by atoms with E-state index in [0.29, 0.717) is 12.3 Å². The van der Waals surface area contributed by atoms with Gasteiger partial charge in [-0.2, -0.15) is 0 Å². The minimum absolute atomic E-state index is 0.276. The van der Waals surface area contributed by atoms with Crippen LogP contribution < -0.4 is 10.6 Å². The molecule has 6 nitrogen and oxygen atoms in total. The molecule has 0 radical (unpaired) electrons. The van der Waals surface area contributed by atoms with Crippen molar-refractivity contribution in [1.29, 1.82) is 0 Å². The van der Waals surface area contributed by atoms with Crippen LogP contribution in [0.3, 0.4) is 0 Å². The first-order chi connectivity index (χ1) is 15.1. The Balaban J connectivity index is 1.26. The van der Waals surface area contributed by atoms with Crippen molar-refractivity contribution in [3.8, 4) is 0 Å². The number of hydrogen-bond acceptors (Lipinski definition) is 3. The summed E-state index contributed by atoms with van der Waals surface area (Å²) >= 11 is 0. The molecule has 0 aromatic heterocycles. The average Bonchev–Trinajstić information content (AvgIpc) is 3.15. The molecule has 0 spiro atoms. The normalized spacial score (nSPS) is 21.0. The molecule has 1 aromatic rings. The molecule has 2 heterocycles. The predicted octanol–water partition coefficient (Wildman–Crippen LogP) is 2.75. The van der Waals surface area contributed by atoms with Gasteiger partial charge in [0.15, 0.2) is 5.96 Å². The van der Waals surface area contributed by atoms with Gasteiger partial charge in [-0.05, 0) is 63.2 Å². The van der Waals surface area contributed by atoms with Crippen LogP contribution in [0.4, 0.5) is 0 Å². The number of nitrogens with zero attached hydrogens (tertiary/aromatic N) is 3. The molecule has 1 unspecified atom stereocenters. The summed E-state index contributed by atoms with van der Waals surface area (Å²) < 4.78 is 0. The van der Waals surface area contributed by atoms with Gasteiger partial charge in [-0.25, -0.2) is 0 Å². The molecule has 2 aliphatic rings. The Morgan fingerprint density at radius 1 is 1.10 bits per heavy atom. The third kappa shape index (κ3) is 8.17. The molecular weight excluding hydrogens is 386 g/mol. The van der Waals surface area contributed by atoms with Gasteiger partial charge in [0.25, 0.3) is 0 Å². The highest BCUT2D eigenvalue weighted by Gasteiger charge is 2.29. The van der Waals surface area contributed by atoms with Crippen molar-refractivity contribution in [3.05, 3.63) is 35.9 Å². The van der Waals surface area contributed by atoms with Crippen LogP contribution >= 0.6 is 0 Å². The van der Waals surface area contributed by atoms with E-state index < -0.39 is 0 Å². The van der Waals surface area contributed by atoms with Gasteiger partial charge >= 0.3 is 0 Å². The summed E-state index contributed by atoms with van der Waals surface area (Å²) in [5, 5.41) is 6.85. The first-order valence-corrected chi connectivity index (χ1v) is 12.1. The molecule has 2 saturated heterocycles. The quantitative estimate of drug-likeness (QED) is 0.342. The van der Waals surface area contributed by atoms with Crippen molar-refractivity contribution in [1.82, 2.24) is 20.4 Å². The van der Waals surface area contributed by atoms with E-state index in [1.165, 1.54) is 44.5 Å². The number of carbonyl (C=O) groups is 1. The van der Waals surface area contributed by atoms with Gasteiger partial charge in [0.05, 0.1) is 0 Å². The number of benzene rings is 1. The van der Waals surface area contributed by atoms with Gasteiger partial charge in [-0.3, -0.25) is 9.79 Å². The standard InChI is InChI=1S/C25H41N5O/c1-21-10-15-29(16-11-21)14-7-6-13-27-25(26-2)28-19-23-18-24(31)30(20-23)17-12-22-8-4-3-5-9-22/h3-5,8-9,21,23H,6-7,10-20H2,1-2H3,(H2,26,27,28). The number of rotatable bonds is 10. The van der Waals surface area contributed by atoms with Crippen LogP contribution in [0.15, 0.2) is 35.3 Å². The van der Waals surface area contributed by atoms with E-state index in [4.69, 9.17) is 0 Å². The summed E-state index contributed by atoms with van der Waals surface area (Å²) in [7, 11) is 1.82. The van der Waals surface area contributed by atoms with E-state index in [-0.39, 0.29) is 5.91 Å². The molecule has 1 aromatic carbocycles. The second kappa shape index (κ2) is 12.7. The van der Waals surface area contributed by atoms with Crippen LogP contribution in [0.25, 0.3) is 0 Å². The van der Waals surface area contributed by atoms with Gasteiger partial charge < -0.3 is 20.4 Å². The average molecular weight is 428 g/mol. The van der Waals surface area contributed by atoms with Gasteiger partial charge in [-0.15, -0.1) is 0 Å². The van der Waals surface area contributed by atoms with Crippen LogP contribution in [-0.4, -0.2) is 74.5 Å². The lowest BCUT2D eigenvalue weighted by Crippen LogP contribution is -2.41. The van der Waals surface area contributed by atoms with Crippen molar-refractivity contribution in [3.63, 3.8) is 0 Å². The zero-order valence-electron chi connectivity index (χ0n) is 19.5. The van der Waals surface area contributed by atoms with Crippen molar-refractivity contribution >= 4 is 11.9 Å². The minimum Gasteiger partial charge on any atom is -0.356 e. The lowest BCUT2D eigenvalue weighted by Gasteiger charge is -2.30. The second-order valence-electron chi connectivity index (χ2n) is 9.26. The summed E-state index contributed by atoms with van der Waals surface area (Å²) in [6, 6.07) is 10.4. The summed E-state index contributed by atoms with van der Waals surface area (Å²) in [4.78, 5) is 21.3. The predicted molar refractivity (Wildman–Crippen MR) is 128 cm³/mol. The van der Waals surface area contributed by atoms with Gasteiger partial charge in [0.2, 0.25) is 5.91 Å². The van der Waals surface area contributed by atoms with Crippen LogP contribution in [0.5, 0.6) is 0 Å². The summed E-state index contributed by atoms with van der Waals surface area (Å²) in [5.74, 6) is 2.38. The number of amides is 1. The first kappa shape index (κ1) is 23.6. The van der Waals surface area contributed by atoms with Crippen molar-refractivity contribution < 1.29 is 4.79 Å². The Hall–Kier alpha value is -2.08. The highest BCUT2D eigenvalue weighted by atomic mass is 16.2. The molecule has 31 heavy (non-hydrogen) atoms. The maximum absolute atomic E-state index is 12.4. The molecule has 1 atom stereocenters. The van der Waals surface area contributed by atoms with Crippen LogP contribution in [0.2, 0.25) is 0 Å². The van der Waals surface area contributed by atoms with E-state index in [1.54, 1.807) is 0 Å². The Labute approximate surface area is 188 Å². The number of piperidine rings is 1. The Morgan fingerprint density at radius 2 is 1.87 bits per heavy atom. The largest absolute Gasteiger partial charge is 0.356 e. The maximum atomic E-state index is 12.4. The maximum Gasteiger partial charge on any atom is 0.223 e. The molecule has 0 aliphatic carbocycles. The van der Waals surface area contributed by atoms with Crippen molar-refractivity contribution in [2.45, 2.75) is 45.4 Å². The second-order valence-corrected chi connectivity index (χ2v) is 9.26. The van der Waals surface area contributed by atoms with Crippen LogP contribution in [0, 0.1) is 11.8 Å². The lowest BCUT2D eigenvalue weighted by molar-refractivity contribution is -0.127. The Kier molecular flexibility index (Phi) is 9.66. The summed E-state index contributed by atoms with van der Waals surface area (Å²) in [6.07, 6.45) is 6.64. The van der Waals surface area contributed by atoms with Gasteiger partial charge in [0.1, 0.15) is 0 Å². The molecule has 172 valence electrons. The van der Waals surface area contributed by atoms with Gasteiger partial charge in [0, 0.05) is 45.6 Å². The molecule has 1 amide bonds. The fourth-order valence-corrected chi connectivity index (χ4v) is 4.53. The van der Waals surface area contributed by atoms with E-state index in [1.807, 2.05) is 18.0 Å². The number of unbranched alkanes of at least 4 members (excludes halogenated alkanes) is 1. The zero-order chi connectivity index (χ0) is 21.9. The fraction of sp³-hybridized carbons (Fsp3) is 0.680. The number of aliphatic imine (C=N–C) groups is 1. The zero-order valence-corrected chi connectivity index (χ0v) is 19.5. The lowest BCUT2D eigenvalue weighted by atomic mass is 9.99. The third-order valence-electron chi connectivity index (χ3n) is 6.66. The topological polar surface area (TPSA) is 60.0 Å². The van der Waals surface area contributed by atoms with E-state index in [0.717, 1.165) is 50.9 Å². The number of likely N-dealkylation sites (tertiary alicyclic amines) is 2. The Bertz CT molecular complexity index is 684. The molecule has 2 N–H and O–H groups in total. The van der Waals surface area contributed by atoms with Crippen molar-refractivity contribution in [2.24, 2.45) is 16.8 Å². The smallest absolute Gasteiger partial charge is 0.223 e. The van der Waals surface area contributed by atoms with Crippen molar-refractivity contribution in [2.75, 3.05) is 52.9 Å². The molecule has 2 aliphatic heterocycles. The van der Waals surface area contributed by atoms with Gasteiger partial charge in [-0.1, -0.05) is 37.3 Å². The minimum atomic E-state index is 0.276. The Morgan fingerprint density at radius 3 is 2.61 bits per heavy atom. The molecule has 3 rings (SSSR count). The van der Waals surface area contributed by atoms with Crippen LogP contribution in [-0.2, 0) is 11.2 Å². The highest BCUT2D eigenvalue weighted by molar-refractivity contribution is 5.80. The molecule has 0 saturated carbocycles. The number of guanidine groups is 1. The number of hydrogen-bond donors (Lipinski definition) is 2. The highest BCUT2D eigenvalue weighted by Crippen LogP contribution is 2.18.